The first-order chi connectivity index (χ1) is 14.7. The van der Waals surface area contributed by atoms with E-state index in [4.69, 9.17) is 8.94 Å². The summed E-state index contributed by atoms with van der Waals surface area (Å²) in [5, 5.41) is 4.06. The Morgan fingerprint density at radius 1 is 0.967 bits per heavy atom. The van der Waals surface area contributed by atoms with Gasteiger partial charge in [-0.15, -0.1) is 0 Å². The third kappa shape index (κ3) is 5.27. The molecule has 0 saturated carbocycles. The molecule has 2 saturated heterocycles. The molecule has 162 valence electrons. The SMILES string of the molecule is O=C(CCc1nc(CN2CCN(C(=O)c3ccco3)CC2)no1)N1CCCCCC1. The van der Waals surface area contributed by atoms with Crippen LogP contribution in [0.2, 0.25) is 0 Å². The lowest BCUT2D eigenvalue weighted by molar-refractivity contribution is -0.131. The highest BCUT2D eigenvalue weighted by Gasteiger charge is 2.24. The second kappa shape index (κ2) is 9.88. The molecule has 2 aliphatic heterocycles. The highest BCUT2D eigenvalue weighted by molar-refractivity contribution is 5.91. The molecule has 0 bridgehead atoms. The van der Waals surface area contributed by atoms with Crippen molar-refractivity contribution in [2.24, 2.45) is 0 Å². The average molecular weight is 415 g/mol. The number of hydrogen-bond donors (Lipinski definition) is 0. The third-order valence-corrected chi connectivity index (χ3v) is 5.78. The fourth-order valence-corrected chi connectivity index (χ4v) is 4.01. The molecule has 0 aromatic carbocycles. The van der Waals surface area contributed by atoms with Gasteiger partial charge in [-0.05, 0) is 25.0 Å². The number of piperazine rings is 1. The van der Waals surface area contributed by atoms with Crippen LogP contribution in [0.3, 0.4) is 0 Å². The van der Waals surface area contributed by atoms with Crippen LogP contribution >= 0.6 is 0 Å². The Morgan fingerprint density at radius 2 is 1.73 bits per heavy atom. The average Bonchev–Trinajstić information content (AvgIpc) is 3.38. The normalized spacial score (nSPS) is 18.4. The predicted octanol–water partition coefficient (Wildman–Crippen LogP) is 1.96. The molecule has 9 heteroatoms. The summed E-state index contributed by atoms with van der Waals surface area (Å²) in [7, 11) is 0. The summed E-state index contributed by atoms with van der Waals surface area (Å²) in [5.41, 5.74) is 0. The van der Waals surface area contributed by atoms with Crippen LogP contribution in [0, 0.1) is 0 Å². The maximum atomic E-state index is 12.4. The van der Waals surface area contributed by atoms with Gasteiger partial charge in [-0.2, -0.15) is 4.98 Å². The number of aromatic nitrogens is 2. The minimum atomic E-state index is -0.0735. The quantitative estimate of drug-likeness (QED) is 0.711. The van der Waals surface area contributed by atoms with Gasteiger partial charge in [0.1, 0.15) is 0 Å². The Hall–Kier alpha value is -2.68. The van der Waals surface area contributed by atoms with Crippen LogP contribution < -0.4 is 0 Å². The van der Waals surface area contributed by atoms with Crippen LogP contribution in [-0.2, 0) is 17.8 Å². The number of furan rings is 1. The van der Waals surface area contributed by atoms with E-state index in [1.165, 1.54) is 19.1 Å². The minimum Gasteiger partial charge on any atom is -0.459 e. The summed E-state index contributed by atoms with van der Waals surface area (Å²) in [6, 6.07) is 3.41. The Labute approximate surface area is 176 Å². The van der Waals surface area contributed by atoms with Crippen LogP contribution in [0.15, 0.2) is 27.3 Å². The number of amides is 2. The fraction of sp³-hybridized carbons (Fsp3) is 0.619. The van der Waals surface area contributed by atoms with Crippen molar-refractivity contribution in [2.75, 3.05) is 39.3 Å². The number of rotatable bonds is 6. The number of likely N-dealkylation sites (tertiary alicyclic amines) is 1. The van der Waals surface area contributed by atoms with Crippen LogP contribution in [0.25, 0.3) is 0 Å². The van der Waals surface area contributed by atoms with E-state index in [0.29, 0.717) is 50.0 Å². The second-order valence-corrected chi connectivity index (χ2v) is 7.94. The van der Waals surface area contributed by atoms with Crippen LogP contribution in [-0.4, -0.2) is 75.9 Å². The number of hydrogen-bond acceptors (Lipinski definition) is 7. The van der Waals surface area contributed by atoms with Gasteiger partial charge < -0.3 is 18.7 Å². The molecule has 9 nitrogen and oxygen atoms in total. The van der Waals surface area contributed by atoms with E-state index in [2.05, 4.69) is 15.0 Å². The molecule has 0 unspecified atom stereocenters. The van der Waals surface area contributed by atoms with Crippen LogP contribution in [0.1, 0.15) is 54.4 Å². The van der Waals surface area contributed by atoms with E-state index in [0.717, 1.165) is 39.0 Å². The summed E-state index contributed by atoms with van der Waals surface area (Å²) in [6.07, 6.45) is 7.01. The Kier molecular flexibility index (Phi) is 6.78. The van der Waals surface area contributed by atoms with Gasteiger partial charge >= 0.3 is 0 Å². The van der Waals surface area contributed by atoms with Gasteiger partial charge in [-0.3, -0.25) is 14.5 Å². The van der Waals surface area contributed by atoms with Gasteiger partial charge in [0.2, 0.25) is 11.8 Å². The molecule has 2 aliphatic rings. The van der Waals surface area contributed by atoms with E-state index >= 15 is 0 Å². The highest BCUT2D eigenvalue weighted by Crippen LogP contribution is 2.13. The van der Waals surface area contributed by atoms with Gasteiger partial charge in [0, 0.05) is 52.1 Å². The molecule has 2 aromatic rings. The van der Waals surface area contributed by atoms with Gasteiger partial charge in [0.05, 0.1) is 12.8 Å². The van der Waals surface area contributed by atoms with Crippen LogP contribution in [0.4, 0.5) is 0 Å². The maximum absolute atomic E-state index is 12.4. The molecular weight excluding hydrogens is 386 g/mol. The van der Waals surface area contributed by atoms with E-state index in [1.54, 1.807) is 17.0 Å². The molecule has 0 aliphatic carbocycles. The van der Waals surface area contributed by atoms with Crippen molar-refractivity contribution in [1.82, 2.24) is 24.8 Å². The second-order valence-electron chi connectivity index (χ2n) is 7.94. The van der Waals surface area contributed by atoms with Crippen molar-refractivity contribution in [3.63, 3.8) is 0 Å². The number of nitrogens with zero attached hydrogens (tertiary/aromatic N) is 5. The zero-order valence-electron chi connectivity index (χ0n) is 17.3. The Morgan fingerprint density at radius 3 is 2.43 bits per heavy atom. The molecule has 0 radical (unpaired) electrons. The molecule has 0 spiro atoms. The smallest absolute Gasteiger partial charge is 0.289 e. The zero-order chi connectivity index (χ0) is 20.8. The van der Waals surface area contributed by atoms with Gasteiger partial charge in [0.15, 0.2) is 11.6 Å². The first kappa shape index (κ1) is 20.6. The van der Waals surface area contributed by atoms with Crippen molar-refractivity contribution in [2.45, 2.75) is 45.1 Å². The molecule has 2 aromatic heterocycles. The molecule has 4 rings (SSSR count). The van der Waals surface area contributed by atoms with Gasteiger partial charge in [0.25, 0.3) is 5.91 Å². The van der Waals surface area contributed by atoms with Crippen molar-refractivity contribution in [3.05, 3.63) is 35.9 Å². The van der Waals surface area contributed by atoms with Gasteiger partial charge in [-0.25, -0.2) is 0 Å². The summed E-state index contributed by atoms with van der Waals surface area (Å²) in [5.74, 6) is 1.61. The van der Waals surface area contributed by atoms with Crippen LogP contribution in [0.5, 0.6) is 0 Å². The molecule has 0 atom stereocenters. The topological polar surface area (TPSA) is 95.9 Å². The van der Waals surface area contributed by atoms with Crippen molar-refractivity contribution in [3.8, 4) is 0 Å². The fourth-order valence-electron chi connectivity index (χ4n) is 4.01. The molecule has 0 N–H and O–H groups in total. The molecule has 2 fully saturated rings. The zero-order valence-corrected chi connectivity index (χ0v) is 17.3. The van der Waals surface area contributed by atoms with Crippen molar-refractivity contribution in [1.29, 1.82) is 0 Å². The molecular formula is C21H29N5O4. The van der Waals surface area contributed by atoms with Crippen molar-refractivity contribution >= 4 is 11.8 Å². The number of carbonyl (C=O) groups is 2. The van der Waals surface area contributed by atoms with E-state index in [1.807, 2.05) is 4.90 Å². The number of aryl methyl sites for hydroxylation is 1. The summed E-state index contributed by atoms with van der Waals surface area (Å²) in [4.78, 5) is 35.1. The maximum Gasteiger partial charge on any atom is 0.289 e. The standard InChI is InChI=1S/C21H29N5O4/c27-20(25-9-3-1-2-4-10-25)8-7-19-22-18(23-30-19)16-24-11-13-26(14-12-24)21(28)17-6-5-15-29-17/h5-6,15H,1-4,7-14,16H2. The van der Waals surface area contributed by atoms with Crippen molar-refractivity contribution < 1.29 is 18.5 Å². The molecule has 2 amide bonds. The summed E-state index contributed by atoms with van der Waals surface area (Å²) >= 11 is 0. The third-order valence-electron chi connectivity index (χ3n) is 5.78. The van der Waals surface area contributed by atoms with Gasteiger partial charge in [-0.1, -0.05) is 18.0 Å². The lowest BCUT2D eigenvalue weighted by Crippen LogP contribution is -2.48. The number of carbonyl (C=O) groups excluding carboxylic acids is 2. The lowest BCUT2D eigenvalue weighted by atomic mass is 10.2. The summed E-state index contributed by atoms with van der Waals surface area (Å²) < 4.78 is 10.5. The largest absolute Gasteiger partial charge is 0.459 e. The lowest BCUT2D eigenvalue weighted by Gasteiger charge is -2.33. The molecule has 4 heterocycles. The summed E-state index contributed by atoms with van der Waals surface area (Å²) in [6.45, 7) is 5.05. The Bertz CT molecular complexity index is 818. The first-order valence-corrected chi connectivity index (χ1v) is 10.8. The highest BCUT2D eigenvalue weighted by atomic mass is 16.5. The first-order valence-electron chi connectivity index (χ1n) is 10.8. The minimum absolute atomic E-state index is 0.0735. The van der Waals surface area contributed by atoms with E-state index in [-0.39, 0.29) is 11.8 Å². The Balaban J connectivity index is 1.20. The monoisotopic (exact) mass is 415 g/mol. The van der Waals surface area contributed by atoms with E-state index < -0.39 is 0 Å². The predicted molar refractivity (Wildman–Crippen MR) is 108 cm³/mol. The van der Waals surface area contributed by atoms with E-state index in [9.17, 15) is 9.59 Å². The molecule has 30 heavy (non-hydrogen) atoms.